The highest BCUT2D eigenvalue weighted by Crippen LogP contribution is 2.35. The first-order valence-corrected chi connectivity index (χ1v) is 13.0. The van der Waals surface area contributed by atoms with Gasteiger partial charge in [0, 0.05) is 38.3 Å². The van der Waals surface area contributed by atoms with Crippen LogP contribution in [-0.2, 0) is 13.2 Å². The van der Waals surface area contributed by atoms with Crippen molar-refractivity contribution in [1.82, 2.24) is 20.1 Å². The number of anilines is 1. The van der Waals surface area contributed by atoms with E-state index in [1.807, 2.05) is 24.3 Å². The second-order valence-electron chi connectivity index (χ2n) is 9.11. The Labute approximate surface area is 235 Å². The number of benzene rings is 3. The molecule has 2 heterocycles. The highest BCUT2D eigenvalue weighted by Gasteiger charge is 2.21. The molecule has 0 atom stereocenters. The average molecular weight is 566 g/mol. The summed E-state index contributed by atoms with van der Waals surface area (Å²) in [6.45, 7) is 4.35. The fourth-order valence-corrected chi connectivity index (χ4v) is 4.89. The van der Waals surface area contributed by atoms with Crippen molar-refractivity contribution in [3.05, 3.63) is 93.6 Å². The Morgan fingerprint density at radius 2 is 1.59 bits per heavy atom. The largest absolute Gasteiger partial charge is 0.505 e. The van der Waals surface area contributed by atoms with Gasteiger partial charge in [0.25, 0.3) is 0 Å². The van der Waals surface area contributed by atoms with Crippen LogP contribution in [0.5, 0.6) is 11.8 Å². The minimum Gasteiger partial charge on any atom is -0.505 e. The van der Waals surface area contributed by atoms with Crippen LogP contribution in [0.2, 0.25) is 10.0 Å². The normalized spacial score (nSPS) is 13.8. The Hall–Kier alpha value is -3.92. The molecule has 2 N–H and O–H groups in total. The molecule has 0 saturated carbocycles. The predicted molar refractivity (Wildman–Crippen MR) is 149 cm³/mol. The van der Waals surface area contributed by atoms with Crippen molar-refractivity contribution in [2.45, 2.75) is 13.2 Å². The summed E-state index contributed by atoms with van der Waals surface area (Å²) in [5, 5.41) is 27.6. The molecule has 0 amide bonds. The zero-order valence-electron chi connectivity index (χ0n) is 20.8. The SMILES string of the molecule is O=C(O)c1ccccc1N1CCN(Cc2ccc(COc3ncc(-c4cc(Cl)c(O)c(Cl)c4)nn3)cc2)CC1. The zero-order chi connectivity index (χ0) is 27.4. The van der Waals surface area contributed by atoms with E-state index >= 15 is 0 Å². The number of halogens is 2. The highest BCUT2D eigenvalue weighted by molar-refractivity contribution is 6.37. The minimum absolute atomic E-state index is 0.117. The van der Waals surface area contributed by atoms with Gasteiger partial charge < -0.3 is 19.8 Å². The van der Waals surface area contributed by atoms with Crippen LogP contribution in [-0.4, -0.2) is 62.4 Å². The molecule has 1 aliphatic heterocycles. The zero-order valence-corrected chi connectivity index (χ0v) is 22.3. The number of aromatic carboxylic acids is 1. The highest BCUT2D eigenvalue weighted by atomic mass is 35.5. The number of ether oxygens (including phenoxy) is 1. The van der Waals surface area contributed by atoms with Gasteiger partial charge in [-0.2, -0.15) is 0 Å². The van der Waals surface area contributed by atoms with E-state index in [-0.39, 0.29) is 21.8 Å². The smallest absolute Gasteiger partial charge is 0.337 e. The molecule has 1 fully saturated rings. The Morgan fingerprint density at radius 3 is 2.23 bits per heavy atom. The number of rotatable bonds is 8. The number of carbonyl (C=O) groups is 1. The summed E-state index contributed by atoms with van der Waals surface area (Å²) in [5.74, 6) is -1.09. The lowest BCUT2D eigenvalue weighted by Gasteiger charge is -2.36. The van der Waals surface area contributed by atoms with Crippen LogP contribution in [0, 0.1) is 0 Å². The molecule has 200 valence electrons. The maximum absolute atomic E-state index is 11.6. The molecule has 11 heteroatoms. The maximum Gasteiger partial charge on any atom is 0.337 e. The maximum atomic E-state index is 11.6. The Morgan fingerprint density at radius 1 is 0.923 bits per heavy atom. The van der Waals surface area contributed by atoms with E-state index in [4.69, 9.17) is 27.9 Å². The number of phenolic OH excluding ortho intramolecular Hbond substituents is 1. The van der Waals surface area contributed by atoms with Gasteiger partial charge >= 0.3 is 12.0 Å². The first kappa shape index (κ1) is 26.7. The minimum atomic E-state index is -0.901. The van der Waals surface area contributed by atoms with Crippen LogP contribution in [0.1, 0.15) is 21.5 Å². The number of para-hydroxylation sites is 1. The molecule has 1 aromatic heterocycles. The number of hydrogen-bond acceptors (Lipinski definition) is 8. The summed E-state index contributed by atoms with van der Waals surface area (Å²) in [6.07, 6.45) is 1.50. The second kappa shape index (κ2) is 11.9. The van der Waals surface area contributed by atoms with Crippen molar-refractivity contribution in [2.24, 2.45) is 0 Å². The van der Waals surface area contributed by atoms with Gasteiger partial charge in [0.2, 0.25) is 0 Å². The van der Waals surface area contributed by atoms with Crippen LogP contribution >= 0.6 is 23.2 Å². The number of phenols is 1. The van der Waals surface area contributed by atoms with Crippen LogP contribution in [0.3, 0.4) is 0 Å². The standard InChI is InChI=1S/C28H25Cl2N5O4/c29-22-13-20(14-23(30)26(22)36)24-15-31-28(33-32-24)39-17-19-7-5-18(6-8-19)16-34-9-11-35(12-10-34)25-4-2-1-3-21(25)27(37)38/h1-8,13-15,36H,9-12,16-17H2,(H,37,38). The Balaban J connectivity index is 1.11. The molecule has 39 heavy (non-hydrogen) atoms. The second-order valence-corrected chi connectivity index (χ2v) is 9.92. The molecule has 5 rings (SSSR count). The molecule has 1 saturated heterocycles. The van der Waals surface area contributed by atoms with E-state index < -0.39 is 5.97 Å². The quantitative estimate of drug-likeness (QED) is 0.299. The number of carboxylic acid groups (broad SMARTS) is 1. The Kier molecular flexibility index (Phi) is 8.11. The molecule has 1 aliphatic rings. The van der Waals surface area contributed by atoms with E-state index in [9.17, 15) is 15.0 Å². The molecule has 0 aliphatic carbocycles. The summed E-state index contributed by atoms with van der Waals surface area (Å²) < 4.78 is 5.69. The van der Waals surface area contributed by atoms with Crippen molar-refractivity contribution in [3.63, 3.8) is 0 Å². The first-order chi connectivity index (χ1) is 18.9. The average Bonchev–Trinajstić information content (AvgIpc) is 2.96. The lowest BCUT2D eigenvalue weighted by atomic mass is 10.1. The van der Waals surface area contributed by atoms with Crippen LogP contribution in [0.25, 0.3) is 11.3 Å². The van der Waals surface area contributed by atoms with Gasteiger partial charge in [-0.15, -0.1) is 5.10 Å². The fraction of sp³-hybridized carbons (Fsp3) is 0.214. The number of aromatic nitrogens is 3. The van der Waals surface area contributed by atoms with Crippen LogP contribution < -0.4 is 9.64 Å². The van der Waals surface area contributed by atoms with Crippen molar-refractivity contribution >= 4 is 34.9 Å². The molecular formula is C28H25Cl2N5O4. The molecule has 3 aromatic carbocycles. The molecule has 4 aromatic rings. The summed E-state index contributed by atoms with van der Waals surface area (Å²) in [7, 11) is 0. The number of piperazine rings is 1. The number of carboxylic acids is 1. The lowest BCUT2D eigenvalue weighted by Crippen LogP contribution is -2.46. The third-order valence-corrected chi connectivity index (χ3v) is 7.07. The van der Waals surface area contributed by atoms with Crippen LogP contribution in [0.4, 0.5) is 5.69 Å². The Bertz CT molecular complexity index is 1440. The van der Waals surface area contributed by atoms with Gasteiger partial charge in [0.05, 0.1) is 27.5 Å². The van der Waals surface area contributed by atoms with Gasteiger partial charge in [-0.3, -0.25) is 4.90 Å². The van der Waals surface area contributed by atoms with Gasteiger partial charge in [-0.05, 0) is 35.4 Å². The molecule has 0 radical (unpaired) electrons. The van der Waals surface area contributed by atoms with E-state index in [1.165, 1.54) is 23.9 Å². The van der Waals surface area contributed by atoms with Gasteiger partial charge in [0.1, 0.15) is 12.3 Å². The monoisotopic (exact) mass is 565 g/mol. The molecule has 0 bridgehead atoms. The summed E-state index contributed by atoms with van der Waals surface area (Å²) in [4.78, 5) is 20.3. The van der Waals surface area contributed by atoms with Crippen molar-refractivity contribution in [3.8, 4) is 23.0 Å². The summed E-state index contributed by atoms with van der Waals surface area (Å²) in [5.41, 5.74) is 4.30. The van der Waals surface area contributed by atoms with Gasteiger partial charge in [-0.25, -0.2) is 9.78 Å². The van der Waals surface area contributed by atoms with Crippen LogP contribution in [0.15, 0.2) is 66.9 Å². The third-order valence-electron chi connectivity index (χ3n) is 6.50. The van der Waals surface area contributed by atoms with Gasteiger partial charge in [0.15, 0.2) is 5.75 Å². The number of nitrogens with zero attached hydrogens (tertiary/aromatic N) is 5. The molecular weight excluding hydrogens is 541 g/mol. The number of aromatic hydroxyl groups is 1. The molecule has 0 unspecified atom stereocenters. The van der Waals surface area contributed by atoms with Crippen molar-refractivity contribution in [2.75, 3.05) is 31.1 Å². The van der Waals surface area contributed by atoms with Gasteiger partial charge in [-0.1, -0.05) is 64.7 Å². The molecule has 9 nitrogen and oxygen atoms in total. The molecule has 0 spiro atoms. The predicted octanol–water partition coefficient (Wildman–Crippen LogP) is 5.15. The first-order valence-electron chi connectivity index (χ1n) is 12.3. The van der Waals surface area contributed by atoms with E-state index in [0.29, 0.717) is 23.4 Å². The number of hydrogen-bond donors (Lipinski definition) is 2. The summed E-state index contributed by atoms with van der Waals surface area (Å²) in [6, 6.07) is 18.5. The van der Waals surface area contributed by atoms with E-state index in [2.05, 4.69) is 37.1 Å². The van der Waals surface area contributed by atoms with Crippen molar-refractivity contribution in [1.29, 1.82) is 0 Å². The van der Waals surface area contributed by atoms with Crippen molar-refractivity contribution < 1.29 is 19.7 Å². The third kappa shape index (κ3) is 6.39. The topological polar surface area (TPSA) is 112 Å². The van der Waals surface area contributed by atoms with E-state index in [0.717, 1.165) is 44.0 Å². The summed E-state index contributed by atoms with van der Waals surface area (Å²) >= 11 is 12.0. The lowest BCUT2D eigenvalue weighted by molar-refractivity contribution is 0.0697. The fourth-order valence-electron chi connectivity index (χ4n) is 4.40. The van der Waals surface area contributed by atoms with E-state index in [1.54, 1.807) is 12.1 Å².